The molecular weight excluding hydrogens is 382 g/mol. The lowest BCUT2D eigenvalue weighted by atomic mass is 10.1. The van der Waals surface area contributed by atoms with E-state index >= 15 is 0 Å². The van der Waals surface area contributed by atoms with Crippen LogP contribution in [0.25, 0.3) is 11.3 Å². The number of methoxy groups -OCH3 is 2. The first-order chi connectivity index (χ1) is 13.5. The Bertz CT molecular complexity index is 968. The lowest BCUT2D eigenvalue weighted by molar-refractivity contribution is -0.116. The average molecular weight is 401 g/mol. The highest BCUT2D eigenvalue weighted by molar-refractivity contribution is 7.14. The van der Waals surface area contributed by atoms with Crippen LogP contribution in [0, 0.1) is 0 Å². The van der Waals surface area contributed by atoms with Crippen LogP contribution in [0.2, 0.25) is 0 Å². The van der Waals surface area contributed by atoms with Crippen molar-refractivity contribution in [3.8, 4) is 22.8 Å². The van der Waals surface area contributed by atoms with Gasteiger partial charge in [-0.05, 0) is 30.3 Å². The fraction of sp³-hybridized carbons (Fsp3) is 0.211. The van der Waals surface area contributed by atoms with Crippen molar-refractivity contribution < 1.29 is 23.5 Å². The molecule has 8 nitrogen and oxygen atoms in total. The molecule has 2 amide bonds. The first kappa shape index (κ1) is 19.4. The maximum absolute atomic E-state index is 12.2. The first-order valence-electron chi connectivity index (χ1n) is 8.28. The summed E-state index contributed by atoms with van der Waals surface area (Å²) >= 11 is 1.29. The van der Waals surface area contributed by atoms with Crippen molar-refractivity contribution in [2.45, 2.75) is 0 Å². The molecule has 28 heavy (non-hydrogen) atoms. The predicted octanol–water partition coefficient (Wildman–Crippen LogP) is 3.13. The molecule has 0 bridgehead atoms. The molecule has 0 spiro atoms. The summed E-state index contributed by atoms with van der Waals surface area (Å²) in [6.07, 6.45) is 1.41. The van der Waals surface area contributed by atoms with Crippen molar-refractivity contribution in [3.63, 3.8) is 0 Å². The van der Waals surface area contributed by atoms with Gasteiger partial charge < -0.3 is 24.1 Å². The number of hydrogen-bond acceptors (Lipinski definition) is 7. The SMILES string of the molecule is COc1ccc(-c2csc(NC(=O)CN(C)C(=O)c3ccco3)n2)cc1OC. The number of amides is 2. The van der Waals surface area contributed by atoms with E-state index in [2.05, 4.69) is 10.3 Å². The third-order valence-corrected chi connectivity index (χ3v) is 4.65. The van der Waals surface area contributed by atoms with Gasteiger partial charge in [0.1, 0.15) is 6.54 Å². The van der Waals surface area contributed by atoms with Crippen LogP contribution in [0.1, 0.15) is 10.6 Å². The van der Waals surface area contributed by atoms with Crippen LogP contribution in [0.15, 0.2) is 46.4 Å². The van der Waals surface area contributed by atoms with Crippen LogP contribution in [0.5, 0.6) is 11.5 Å². The molecule has 0 saturated heterocycles. The number of rotatable bonds is 7. The largest absolute Gasteiger partial charge is 0.493 e. The highest BCUT2D eigenvalue weighted by Gasteiger charge is 2.18. The van der Waals surface area contributed by atoms with Crippen molar-refractivity contribution in [1.29, 1.82) is 0 Å². The Labute approximate surface area is 165 Å². The third-order valence-electron chi connectivity index (χ3n) is 3.89. The summed E-state index contributed by atoms with van der Waals surface area (Å²) in [5, 5.41) is 4.97. The minimum absolute atomic E-state index is 0.120. The van der Waals surface area contributed by atoms with Gasteiger partial charge in [-0.1, -0.05) is 0 Å². The summed E-state index contributed by atoms with van der Waals surface area (Å²) in [5.41, 5.74) is 1.53. The second-order valence-electron chi connectivity index (χ2n) is 5.79. The third kappa shape index (κ3) is 4.32. The number of likely N-dealkylation sites (N-methyl/N-ethyl adjacent to an activating group) is 1. The maximum Gasteiger partial charge on any atom is 0.289 e. The van der Waals surface area contributed by atoms with Crippen LogP contribution >= 0.6 is 11.3 Å². The van der Waals surface area contributed by atoms with E-state index in [0.29, 0.717) is 22.3 Å². The number of thiazole rings is 1. The minimum atomic E-state index is -0.370. The Morgan fingerprint density at radius 2 is 2.00 bits per heavy atom. The number of carbonyl (C=O) groups is 2. The Morgan fingerprint density at radius 3 is 2.68 bits per heavy atom. The van der Waals surface area contributed by atoms with Crippen LogP contribution in [-0.4, -0.2) is 49.5 Å². The van der Waals surface area contributed by atoms with Gasteiger partial charge in [0.2, 0.25) is 5.91 Å². The van der Waals surface area contributed by atoms with E-state index in [9.17, 15) is 9.59 Å². The standard InChI is InChI=1S/C19H19N3O5S/c1-22(18(24)15-5-4-8-27-15)10-17(23)21-19-20-13(11-28-19)12-6-7-14(25-2)16(9-12)26-3/h4-9,11H,10H2,1-3H3,(H,20,21,23). The molecule has 0 fully saturated rings. The summed E-state index contributed by atoms with van der Waals surface area (Å²) in [5.74, 6) is 0.678. The average Bonchev–Trinajstić information content (AvgIpc) is 3.38. The Hall–Kier alpha value is -3.33. The number of nitrogens with one attached hydrogen (secondary N) is 1. The van der Waals surface area contributed by atoms with Crippen molar-refractivity contribution in [2.75, 3.05) is 33.1 Å². The van der Waals surface area contributed by atoms with Crippen molar-refractivity contribution >= 4 is 28.3 Å². The van der Waals surface area contributed by atoms with Gasteiger partial charge >= 0.3 is 0 Å². The molecule has 9 heteroatoms. The number of anilines is 1. The quantitative estimate of drug-likeness (QED) is 0.654. The van der Waals surface area contributed by atoms with E-state index in [1.807, 2.05) is 17.5 Å². The second kappa shape index (κ2) is 8.57. The zero-order valence-electron chi connectivity index (χ0n) is 15.6. The number of aromatic nitrogens is 1. The predicted molar refractivity (Wildman–Crippen MR) is 105 cm³/mol. The van der Waals surface area contributed by atoms with Gasteiger partial charge in [0, 0.05) is 18.0 Å². The first-order valence-corrected chi connectivity index (χ1v) is 9.16. The molecule has 0 saturated carbocycles. The maximum atomic E-state index is 12.2. The van der Waals surface area contributed by atoms with E-state index in [0.717, 1.165) is 5.56 Å². The summed E-state index contributed by atoms with van der Waals surface area (Å²) in [4.78, 5) is 30.0. The van der Waals surface area contributed by atoms with Gasteiger partial charge in [-0.2, -0.15) is 0 Å². The van der Waals surface area contributed by atoms with E-state index in [1.54, 1.807) is 32.4 Å². The van der Waals surface area contributed by atoms with Crippen LogP contribution < -0.4 is 14.8 Å². The summed E-state index contributed by atoms with van der Waals surface area (Å²) in [6, 6.07) is 8.63. The zero-order valence-corrected chi connectivity index (χ0v) is 16.4. The smallest absolute Gasteiger partial charge is 0.289 e. The lowest BCUT2D eigenvalue weighted by Gasteiger charge is -2.14. The Balaban J connectivity index is 1.64. The number of benzene rings is 1. The summed E-state index contributed by atoms with van der Waals surface area (Å²) < 4.78 is 15.6. The Morgan fingerprint density at radius 1 is 1.21 bits per heavy atom. The molecule has 3 aromatic rings. The molecular formula is C19H19N3O5S. The fourth-order valence-corrected chi connectivity index (χ4v) is 3.23. The molecule has 2 heterocycles. The fourth-order valence-electron chi connectivity index (χ4n) is 2.49. The number of furan rings is 1. The van der Waals surface area contributed by atoms with Crippen LogP contribution in [0.4, 0.5) is 5.13 Å². The molecule has 0 atom stereocenters. The van der Waals surface area contributed by atoms with Crippen molar-refractivity contribution in [1.82, 2.24) is 9.88 Å². The highest BCUT2D eigenvalue weighted by atomic mass is 32.1. The molecule has 0 aliphatic rings. The molecule has 146 valence electrons. The number of carbonyl (C=O) groups excluding carboxylic acids is 2. The lowest BCUT2D eigenvalue weighted by Crippen LogP contribution is -2.34. The van der Waals surface area contributed by atoms with Crippen LogP contribution in [-0.2, 0) is 4.79 Å². The molecule has 0 unspecified atom stereocenters. The van der Waals surface area contributed by atoms with E-state index < -0.39 is 0 Å². The number of nitrogens with zero attached hydrogens (tertiary/aromatic N) is 2. The summed E-state index contributed by atoms with van der Waals surface area (Å²) in [6.45, 7) is -0.120. The summed E-state index contributed by atoms with van der Waals surface area (Å²) in [7, 11) is 4.66. The Kier molecular flexibility index (Phi) is 5.95. The van der Waals surface area contributed by atoms with Gasteiger partial charge in [0.05, 0.1) is 26.2 Å². The normalized spacial score (nSPS) is 10.4. The topological polar surface area (TPSA) is 93.9 Å². The van der Waals surface area contributed by atoms with E-state index in [4.69, 9.17) is 13.9 Å². The number of hydrogen-bond donors (Lipinski definition) is 1. The van der Waals surface area contributed by atoms with Gasteiger partial charge in [-0.25, -0.2) is 4.98 Å². The minimum Gasteiger partial charge on any atom is -0.493 e. The molecule has 3 rings (SSSR count). The van der Waals surface area contributed by atoms with Gasteiger partial charge in [0.25, 0.3) is 5.91 Å². The van der Waals surface area contributed by atoms with E-state index in [-0.39, 0.29) is 24.1 Å². The van der Waals surface area contributed by atoms with Crippen LogP contribution in [0.3, 0.4) is 0 Å². The second-order valence-corrected chi connectivity index (χ2v) is 6.65. The van der Waals surface area contributed by atoms with Gasteiger partial charge in [0.15, 0.2) is 22.4 Å². The highest BCUT2D eigenvalue weighted by Crippen LogP contribution is 2.33. The molecule has 1 N–H and O–H groups in total. The molecule has 0 radical (unpaired) electrons. The monoisotopic (exact) mass is 401 g/mol. The molecule has 0 aliphatic carbocycles. The molecule has 1 aromatic carbocycles. The van der Waals surface area contributed by atoms with Crippen molar-refractivity contribution in [3.05, 3.63) is 47.7 Å². The van der Waals surface area contributed by atoms with E-state index in [1.165, 1.54) is 29.5 Å². The number of ether oxygens (including phenoxy) is 2. The zero-order chi connectivity index (χ0) is 20.1. The van der Waals surface area contributed by atoms with Gasteiger partial charge in [-0.3, -0.25) is 9.59 Å². The molecule has 0 aliphatic heterocycles. The van der Waals surface area contributed by atoms with Crippen molar-refractivity contribution in [2.24, 2.45) is 0 Å². The molecule has 2 aromatic heterocycles. The van der Waals surface area contributed by atoms with Gasteiger partial charge in [-0.15, -0.1) is 11.3 Å².